The van der Waals surface area contributed by atoms with E-state index in [1.807, 2.05) is 0 Å². The summed E-state index contributed by atoms with van der Waals surface area (Å²) in [5.41, 5.74) is -1.71. The molecule has 3 rings (SSSR count). The fourth-order valence-corrected chi connectivity index (χ4v) is 3.30. The molecular weight excluding hydrogens is 328 g/mol. The van der Waals surface area contributed by atoms with Gasteiger partial charge in [-0.1, -0.05) is 0 Å². The van der Waals surface area contributed by atoms with Gasteiger partial charge in [-0.3, -0.25) is 9.59 Å². The summed E-state index contributed by atoms with van der Waals surface area (Å²) in [5, 5.41) is 1.30. The van der Waals surface area contributed by atoms with Gasteiger partial charge in [0.1, 0.15) is 10.4 Å². The maximum atomic E-state index is 13.9. The minimum atomic E-state index is -1.34. The summed E-state index contributed by atoms with van der Waals surface area (Å²) in [5.74, 6) is -3.52. The zero-order valence-electron chi connectivity index (χ0n) is 11.8. The molecule has 118 valence electrons. The average Bonchev–Trinajstić information content (AvgIpc) is 2.98. The SMILES string of the molecule is CCOC(=O)c1c(=O)c2cc(F)c(F)c(C=O)c2n2ccsc12. The number of nitrogens with zero attached hydrogens (tertiary/aromatic N) is 1. The van der Waals surface area contributed by atoms with Crippen molar-refractivity contribution in [3.63, 3.8) is 0 Å². The molecule has 0 saturated carbocycles. The fourth-order valence-electron chi connectivity index (χ4n) is 2.43. The van der Waals surface area contributed by atoms with Gasteiger partial charge in [-0.2, -0.15) is 0 Å². The van der Waals surface area contributed by atoms with Crippen LogP contribution in [0.1, 0.15) is 27.6 Å². The Labute approximate surface area is 131 Å². The minimum absolute atomic E-state index is 0.0607. The first-order chi connectivity index (χ1) is 11.0. The van der Waals surface area contributed by atoms with Gasteiger partial charge in [0.25, 0.3) is 0 Å². The summed E-state index contributed by atoms with van der Waals surface area (Å²) in [6.07, 6.45) is 1.61. The molecule has 0 aliphatic heterocycles. The fraction of sp³-hybridized carbons (Fsp3) is 0.133. The highest BCUT2D eigenvalue weighted by molar-refractivity contribution is 7.16. The molecule has 0 atom stereocenters. The molecule has 3 aromatic rings. The van der Waals surface area contributed by atoms with E-state index in [1.54, 1.807) is 12.3 Å². The van der Waals surface area contributed by atoms with E-state index in [2.05, 4.69) is 0 Å². The lowest BCUT2D eigenvalue weighted by molar-refractivity contribution is 0.0527. The predicted octanol–water partition coefficient (Wildman–Crippen LogP) is 2.78. The van der Waals surface area contributed by atoms with Crippen molar-refractivity contribution in [2.45, 2.75) is 6.92 Å². The lowest BCUT2D eigenvalue weighted by Crippen LogP contribution is -2.20. The first-order valence-electron chi connectivity index (χ1n) is 6.57. The van der Waals surface area contributed by atoms with Crippen molar-refractivity contribution in [3.8, 4) is 0 Å². The first kappa shape index (κ1) is 15.3. The summed E-state index contributed by atoms with van der Waals surface area (Å²) in [4.78, 5) is 36.0. The van der Waals surface area contributed by atoms with E-state index in [-0.39, 0.29) is 34.2 Å². The minimum Gasteiger partial charge on any atom is -0.462 e. The molecule has 0 spiro atoms. The van der Waals surface area contributed by atoms with Crippen molar-refractivity contribution >= 4 is 39.3 Å². The Balaban J connectivity index is 2.59. The molecule has 0 bridgehead atoms. The molecule has 0 amide bonds. The highest BCUT2D eigenvalue weighted by Crippen LogP contribution is 2.26. The Kier molecular flexibility index (Phi) is 3.69. The molecular formula is C15H9F2NO4S. The van der Waals surface area contributed by atoms with Crippen molar-refractivity contribution in [3.05, 3.63) is 50.6 Å². The summed E-state index contributed by atoms with van der Waals surface area (Å²) >= 11 is 1.06. The van der Waals surface area contributed by atoms with Crippen molar-refractivity contribution < 1.29 is 23.1 Å². The van der Waals surface area contributed by atoms with Crippen LogP contribution in [0, 0.1) is 11.6 Å². The largest absolute Gasteiger partial charge is 0.462 e. The summed E-state index contributed by atoms with van der Waals surface area (Å²) in [6.45, 7) is 1.65. The van der Waals surface area contributed by atoms with Crippen LogP contribution in [-0.4, -0.2) is 23.3 Å². The first-order valence-corrected chi connectivity index (χ1v) is 7.45. The van der Waals surface area contributed by atoms with E-state index in [9.17, 15) is 23.2 Å². The summed E-state index contributed by atoms with van der Waals surface area (Å²) < 4.78 is 33.7. The number of benzene rings is 1. The van der Waals surface area contributed by atoms with E-state index in [1.165, 1.54) is 10.6 Å². The number of carbonyl (C=O) groups excluding carboxylic acids is 2. The lowest BCUT2D eigenvalue weighted by Gasteiger charge is -2.10. The van der Waals surface area contributed by atoms with Gasteiger partial charge in [-0.15, -0.1) is 11.3 Å². The van der Waals surface area contributed by atoms with E-state index in [4.69, 9.17) is 4.74 Å². The number of ether oxygens (including phenoxy) is 1. The number of hydrogen-bond acceptors (Lipinski definition) is 5. The van der Waals surface area contributed by atoms with Crippen molar-refractivity contribution in [2.24, 2.45) is 0 Å². The number of aldehydes is 1. The Morgan fingerprint density at radius 2 is 2.17 bits per heavy atom. The highest BCUT2D eigenvalue weighted by Gasteiger charge is 2.24. The molecule has 0 unspecified atom stereocenters. The van der Waals surface area contributed by atoms with Crippen LogP contribution in [0.2, 0.25) is 0 Å². The Morgan fingerprint density at radius 1 is 1.43 bits per heavy atom. The zero-order valence-corrected chi connectivity index (χ0v) is 12.6. The number of halogens is 2. The van der Waals surface area contributed by atoms with Gasteiger partial charge in [-0.25, -0.2) is 13.6 Å². The topological polar surface area (TPSA) is 64.9 Å². The standard InChI is InChI=1S/C15H9F2NO4S/c1-2-22-15(21)10-13(20)7-5-9(16)11(17)8(6-19)12(7)18-3-4-23-14(10)18/h3-6H,2H2,1H3. The third-order valence-corrected chi connectivity index (χ3v) is 4.24. The number of esters is 1. The third kappa shape index (κ3) is 2.14. The Hall–Kier alpha value is -2.61. The second-order valence-electron chi connectivity index (χ2n) is 4.60. The second-order valence-corrected chi connectivity index (χ2v) is 5.50. The number of thiazole rings is 1. The highest BCUT2D eigenvalue weighted by atomic mass is 32.1. The van der Waals surface area contributed by atoms with Crippen LogP contribution in [0.15, 0.2) is 22.4 Å². The zero-order chi connectivity index (χ0) is 16.7. The molecule has 0 aliphatic rings. The maximum Gasteiger partial charge on any atom is 0.345 e. The van der Waals surface area contributed by atoms with E-state index in [0.29, 0.717) is 6.07 Å². The molecule has 0 fully saturated rings. The molecule has 0 aliphatic carbocycles. The van der Waals surface area contributed by atoms with Crippen molar-refractivity contribution in [1.29, 1.82) is 0 Å². The molecule has 0 saturated heterocycles. The van der Waals surface area contributed by atoms with Crippen LogP contribution in [0.5, 0.6) is 0 Å². The van der Waals surface area contributed by atoms with Gasteiger partial charge in [0.2, 0.25) is 5.43 Å². The quantitative estimate of drug-likeness (QED) is 0.544. The third-order valence-electron chi connectivity index (χ3n) is 3.36. The second kappa shape index (κ2) is 5.54. The van der Waals surface area contributed by atoms with Gasteiger partial charge in [-0.05, 0) is 13.0 Å². The predicted molar refractivity (Wildman–Crippen MR) is 80.3 cm³/mol. The van der Waals surface area contributed by atoms with Crippen LogP contribution >= 0.6 is 11.3 Å². The maximum absolute atomic E-state index is 13.9. The van der Waals surface area contributed by atoms with Crippen molar-refractivity contribution in [1.82, 2.24) is 4.40 Å². The van der Waals surface area contributed by atoms with E-state index >= 15 is 0 Å². The molecule has 0 N–H and O–H groups in total. The van der Waals surface area contributed by atoms with E-state index in [0.717, 1.165) is 11.3 Å². The number of pyridine rings is 1. The normalized spacial score (nSPS) is 11.1. The monoisotopic (exact) mass is 337 g/mol. The average molecular weight is 337 g/mol. The summed E-state index contributed by atoms with van der Waals surface area (Å²) in [7, 11) is 0. The van der Waals surface area contributed by atoms with Crippen LogP contribution < -0.4 is 5.43 Å². The molecule has 2 heterocycles. The molecule has 0 radical (unpaired) electrons. The molecule has 8 heteroatoms. The number of fused-ring (bicyclic) bond motifs is 3. The lowest BCUT2D eigenvalue weighted by atomic mass is 10.1. The number of carbonyl (C=O) groups is 2. The van der Waals surface area contributed by atoms with Crippen LogP contribution in [0.4, 0.5) is 8.78 Å². The molecule has 1 aromatic carbocycles. The molecule has 5 nitrogen and oxygen atoms in total. The van der Waals surface area contributed by atoms with Crippen LogP contribution in [0.3, 0.4) is 0 Å². The van der Waals surface area contributed by atoms with Crippen LogP contribution in [0.25, 0.3) is 15.7 Å². The molecule has 23 heavy (non-hydrogen) atoms. The van der Waals surface area contributed by atoms with Gasteiger partial charge in [0.15, 0.2) is 17.9 Å². The van der Waals surface area contributed by atoms with Crippen LogP contribution in [-0.2, 0) is 4.74 Å². The van der Waals surface area contributed by atoms with Gasteiger partial charge < -0.3 is 9.14 Å². The Morgan fingerprint density at radius 3 is 2.83 bits per heavy atom. The van der Waals surface area contributed by atoms with Gasteiger partial charge in [0.05, 0.1) is 23.1 Å². The Bertz CT molecular complexity index is 1020. The molecule has 2 aromatic heterocycles. The van der Waals surface area contributed by atoms with Crippen molar-refractivity contribution in [2.75, 3.05) is 6.61 Å². The number of aromatic nitrogens is 1. The smallest absolute Gasteiger partial charge is 0.345 e. The summed E-state index contributed by atoms with van der Waals surface area (Å²) in [6, 6.07) is 0.687. The number of rotatable bonds is 3. The van der Waals surface area contributed by atoms with E-state index < -0.39 is 28.6 Å². The van der Waals surface area contributed by atoms with Gasteiger partial charge in [0, 0.05) is 11.6 Å². The van der Waals surface area contributed by atoms with Gasteiger partial charge >= 0.3 is 5.97 Å². The number of hydrogen-bond donors (Lipinski definition) is 0.